The summed E-state index contributed by atoms with van der Waals surface area (Å²) in [6.07, 6.45) is 2.77. The molecule has 0 aliphatic carbocycles. The predicted octanol–water partition coefficient (Wildman–Crippen LogP) is 4.48. The highest BCUT2D eigenvalue weighted by Gasteiger charge is 2.19. The van der Waals surface area contributed by atoms with Gasteiger partial charge in [0, 0.05) is 0 Å². The van der Waals surface area contributed by atoms with E-state index < -0.39 is 11.9 Å². The van der Waals surface area contributed by atoms with Crippen LogP contribution in [0.1, 0.15) is 67.7 Å². The third-order valence-corrected chi connectivity index (χ3v) is 3.72. The zero-order chi connectivity index (χ0) is 17.2. The van der Waals surface area contributed by atoms with Gasteiger partial charge in [0.05, 0.1) is 24.3 Å². The van der Waals surface area contributed by atoms with Gasteiger partial charge in [-0.3, -0.25) is 0 Å². The first-order valence-electron chi connectivity index (χ1n) is 8.39. The first-order chi connectivity index (χ1) is 11.0. The number of esters is 2. The molecular formula is C19H28O4. The third kappa shape index (κ3) is 6.85. The second kappa shape index (κ2) is 10.0. The van der Waals surface area contributed by atoms with Gasteiger partial charge < -0.3 is 9.47 Å². The first-order valence-corrected chi connectivity index (χ1v) is 8.39. The number of benzene rings is 1. The standard InChI is InChI=1S/C19H28O4/c1-5-15(4)13-23-19(21)17-11-7-6-10-16(17)18(20)22-12-8-9-14(2)3/h6-7,10-11,14-15H,5,8-9,12-13H2,1-4H3. The summed E-state index contributed by atoms with van der Waals surface area (Å²) in [6.45, 7) is 9.04. The Morgan fingerprint density at radius 1 is 1.00 bits per heavy atom. The predicted molar refractivity (Wildman–Crippen MR) is 90.5 cm³/mol. The van der Waals surface area contributed by atoms with Crippen molar-refractivity contribution in [1.29, 1.82) is 0 Å². The van der Waals surface area contributed by atoms with Gasteiger partial charge in [0.25, 0.3) is 0 Å². The second-order valence-electron chi connectivity index (χ2n) is 6.33. The van der Waals surface area contributed by atoms with Crippen LogP contribution in [0.15, 0.2) is 24.3 Å². The Hall–Kier alpha value is -1.84. The molecule has 4 nitrogen and oxygen atoms in total. The Bertz CT molecular complexity index is 508. The van der Waals surface area contributed by atoms with Gasteiger partial charge >= 0.3 is 11.9 Å². The highest BCUT2D eigenvalue weighted by Crippen LogP contribution is 2.14. The molecule has 0 saturated heterocycles. The quantitative estimate of drug-likeness (QED) is 0.497. The number of hydrogen-bond acceptors (Lipinski definition) is 4. The van der Waals surface area contributed by atoms with E-state index in [1.165, 1.54) is 0 Å². The van der Waals surface area contributed by atoms with Crippen LogP contribution in [-0.2, 0) is 9.47 Å². The molecule has 0 radical (unpaired) electrons. The van der Waals surface area contributed by atoms with Crippen molar-refractivity contribution < 1.29 is 19.1 Å². The molecule has 0 heterocycles. The lowest BCUT2D eigenvalue weighted by molar-refractivity contribution is 0.0418. The molecule has 0 N–H and O–H groups in total. The van der Waals surface area contributed by atoms with Crippen LogP contribution < -0.4 is 0 Å². The van der Waals surface area contributed by atoms with Gasteiger partial charge in [-0.1, -0.05) is 46.2 Å². The number of ether oxygens (including phenoxy) is 2. The summed E-state index contributed by atoms with van der Waals surface area (Å²) in [4.78, 5) is 24.4. The topological polar surface area (TPSA) is 52.6 Å². The molecule has 0 fully saturated rings. The molecule has 1 rings (SSSR count). The molecule has 1 unspecified atom stereocenters. The van der Waals surface area contributed by atoms with Crippen LogP contribution in [0, 0.1) is 11.8 Å². The van der Waals surface area contributed by atoms with E-state index in [0.717, 1.165) is 19.3 Å². The van der Waals surface area contributed by atoms with Crippen molar-refractivity contribution in [3.05, 3.63) is 35.4 Å². The molecule has 0 saturated carbocycles. The lowest BCUT2D eigenvalue weighted by atomic mass is 10.1. The molecule has 128 valence electrons. The maximum absolute atomic E-state index is 12.2. The average molecular weight is 320 g/mol. The van der Waals surface area contributed by atoms with Gasteiger partial charge in [0.1, 0.15) is 0 Å². The smallest absolute Gasteiger partial charge is 0.339 e. The lowest BCUT2D eigenvalue weighted by Crippen LogP contribution is -2.16. The maximum Gasteiger partial charge on any atom is 0.339 e. The highest BCUT2D eigenvalue weighted by atomic mass is 16.5. The Balaban J connectivity index is 2.65. The van der Waals surface area contributed by atoms with E-state index in [4.69, 9.17) is 9.47 Å². The summed E-state index contributed by atoms with van der Waals surface area (Å²) in [5, 5.41) is 0. The summed E-state index contributed by atoms with van der Waals surface area (Å²) in [6, 6.07) is 6.64. The van der Waals surface area contributed by atoms with E-state index in [9.17, 15) is 9.59 Å². The van der Waals surface area contributed by atoms with Crippen LogP contribution in [0.25, 0.3) is 0 Å². The molecule has 1 aromatic rings. The van der Waals surface area contributed by atoms with E-state index in [1.807, 2.05) is 13.8 Å². The van der Waals surface area contributed by atoms with Crippen molar-refractivity contribution in [1.82, 2.24) is 0 Å². The van der Waals surface area contributed by atoms with Gasteiger partial charge in [-0.15, -0.1) is 0 Å². The zero-order valence-electron chi connectivity index (χ0n) is 14.6. The average Bonchev–Trinajstić information content (AvgIpc) is 2.55. The monoisotopic (exact) mass is 320 g/mol. The minimum Gasteiger partial charge on any atom is -0.462 e. The summed E-state index contributed by atoms with van der Waals surface area (Å²) in [7, 11) is 0. The van der Waals surface area contributed by atoms with Gasteiger partial charge in [-0.2, -0.15) is 0 Å². The van der Waals surface area contributed by atoms with Gasteiger partial charge in [0.15, 0.2) is 0 Å². The van der Waals surface area contributed by atoms with Gasteiger partial charge in [0.2, 0.25) is 0 Å². The molecule has 0 bridgehead atoms. The molecule has 0 aromatic heterocycles. The fourth-order valence-electron chi connectivity index (χ4n) is 1.99. The molecule has 23 heavy (non-hydrogen) atoms. The van der Waals surface area contributed by atoms with Crippen LogP contribution in [0.2, 0.25) is 0 Å². The normalized spacial score (nSPS) is 12.0. The maximum atomic E-state index is 12.2. The summed E-state index contributed by atoms with van der Waals surface area (Å²) < 4.78 is 10.6. The SMILES string of the molecule is CCC(C)COC(=O)c1ccccc1C(=O)OCCCC(C)C. The Labute approximate surface area is 139 Å². The Morgan fingerprint density at radius 2 is 1.57 bits per heavy atom. The van der Waals surface area contributed by atoms with E-state index in [0.29, 0.717) is 25.0 Å². The van der Waals surface area contributed by atoms with E-state index in [1.54, 1.807) is 24.3 Å². The minimum absolute atomic E-state index is 0.268. The van der Waals surface area contributed by atoms with Gasteiger partial charge in [-0.25, -0.2) is 9.59 Å². The summed E-state index contributed by atoms with van der Waals surface area (Å²) in [5.74, 6) is -0.0597. The van der Waals surface area contributed by atoms with E-state index in [2.05, 4.69) is 13.8 Å². The molecule has 0 aliphatic heterocycles. The first kappa shape index (κ1) is 19.2. The summed E-state index contributed by atoms with van der Waals surface area (Å²) >= 11 is 0. The molecular weight excluding hydrogens is 292 g/mol. The summed E-state index contributed by atoms with van der Waals surface area (Å²) in [5.41, 5.74) is 0.538. The lowest BCUT2D eigenvalue weighted by Gasteiger charge is -2.12. The number of hydrogen-bond donors (Lipinski definition) is 0. The van der Waals surface area contributed by atoms with Crippen LogP contribution in [0.3, 0.4) is 0 Å². The van der Waals surface area contributed by atoms with Crippen molar-refractivity contribution in [3.63, 3.8) is 0 Å². The van der Waals surface area contributed by atoms with Crippen molar-refractivity contribution >= 4 is 11.9 Å². The fraction of sp³-hybridized carbons (Fsp3) is 0.579. The van der Waals surface area contributed by atoms with Crippen LogP contribution >= 0.6 is 0 Å². The molecule has 0 aliphatic rings. The molecule has 1 aromatic carbocycles. The van der Waals surface area contributed by atoms with E-state index >= 15 is 0 Å². The molecule has 1 atom stereocenters. The van der Waals surface area contributed by atoms with Crippen molar-refractivity contribution in [3.8, 4) is 0 Å². The highest BCUT2D eigenvalue weighted by molar-refractivity contribution is 6.03. The molecule has 0 spiro atoms. The second-order valence-corrected chi connectivity index (χ2v) is 6.33. The van der Waals surface area contributed by atoms with Crippen molar-refractivity contribution in [2.45, 2.75) is 47.0 Å². The number of carbonyl (C=O) groups is 2. The number of carbonyl (C=O) groups excluding carboxylic acids is 2. The minimum atomic E-state index is -0.472. The van der Waals surface area contributed by atoms with E-state index in [-0.39, 0.29) is 11.1 Å². The van der Waals surface area contributed by atoms with Crippen molar-refractivity contribution in [2.24, 2.45) is 11.8 Å². The number of rotatable bonds is 9. The Morgan fingerprint density at radius 3 is 2.09 bits per heavy atom. The third-order valence-electron chi connectivity index (χ3n) is 3.72. The van der Waals surface area contributed by atoms with Crippen LogP contribution in [-0.4, -0.2) is 25.2 Å². The fourth-order valence-corrected chi connectivity index (χ4v) is 1.99. The van der Waals surface area contributed by atoms with Crippen LogP contribution in [0.4, 0.5) is 0 Å². The zero-order valence-corrected chi connectivity index (χ0v) is 14.6. The van der Waals surface area contributed by atoms with Crippen molar-refractivity contribution in [2.75, 3.05) is 13.2 Å². The molecule has 4 heteroatoms. The molecule has 0 amide bonds. The largest absolute Gasteiger partial charge is 0.462 e. The van der Waals surface area contributed by atoms with Gasteiger partial charge in [-0.05, 0) is 36.8 Å². The Kier molecular flexibility index (Phi) is 8.38. The van der Waals surface area contributed by atoms with Crippen LogP contribution in [0.5, 0.6) is 0 Å².